The number of rotatable bonds is 5. The Morgan fingerprint density at radius 2 is 2.00 bits per heavy atom. The van der Waals surface area contributed by atoms with Crippen LogP contribution in [0.1, 0.15) is 25.3 Å². The minimum absolute atomic E-state index is 0.104. The lowest BCUT2D eigenvalue weighted by molar-refractivity contribution is -0.143. The van der Waals surface area contributed by atoms with Crippen LogP contribution in [0.3, 0.4) is 0 Å². The van der Waals surface area contributed by atoms with Crippen molar-refractivity contribution in [2.24, 2.45) is 0 Å². The Labute approximate surface area is 128 Å². The number of benzene rings is 1. The molecule has 1 aliphatic rings. The standard InChI is InChI=1S/C15H17ClN2O3/c1-2-17-15(21)14(20)12-7-8-13(19)18(12)9-10-3-5-11(16)6-4-10/h3-6,12H,2,7-9H2,1H3,(H,17,21)/t12-/m1/s1. The Morgan fingerprint density at radius 3 is 2.62 bits per heavy atom. The van der Waals surface area contributed by atoms with Crippen molar-refractivity contribution in [2.45, 2.75) is 32.4 Å². The van der Waals surface area contributed by atoms with Gasteiger partial charge in [0.2, 0.25) is 11.7 Å². The molecule has 1 saturated heterocycles. The molecule has 0 spiro atoms. The first kappa shape index (κ1) is 15.5. The van der Waals surface area contributed by atoms with Crippen molar-refractivity contribution >= 4 is 29.2 Å². The fraction of sp³-hybridized carbons (Fsp3) is 0.400. The van der Waals surface area contributed by atoms with Crippen LogP contribution >= 0.6 is 11.6 Å². The molecular weight excluding hydrogens is 292 g/mol. The van der Waals surface area contributed by atoms with E-state index in [0.29, 0.717) is 31.0 Å². The highest BCUT2D eigenvalue weighted by Gasteiger charge is 2.38. The van der Waals surface area contributed by atoms with Gasteiger partial charge in [-0.15, -0.1) is 0 Å². The van der Waals surface area contributed by atoms with E-state index >= 15 is 0 Å². The zero-order chi connectivity index (χ0) is 15.4. The van der Waals surface area contributed by atoms with Crippen molar-refractivity contribution in [1.82, 2.24) is 10.2 Å². The van der Waals surface area contributed by atoms with Gasteiger partial charge in [-0.3, -0.25) is 14.4 Å². The molecular formula is C15H17ClN2O3. The summed E-state index contributed by atoms with van der Waals surface area (Å²) in [6.07, 6.45) is 0.686. The van der Waals surface area contributed by atoms with Gasteiger partial charge in [0.1, 0.15) is 6.04 Å². The average Bonchev–Trinajstić information content (AvgIpc) is 2.82. The summed E-state index contributed by atoms with van der Waals surface area (Å²) in [5.74, 6) is -1.28. The molecule has 1 aliphatic heterocycles. The van der Waals surface area contributed by atoms with Crippen LogP contribution in [0.5, 0.6) is 0 Å². The molecule has 6 heteroatoms. The van der Waals surface area contributed by atoms with Gasteiger partial charge in [-0.1, -0.05) is 23.7 Å². The highest BCUT2D eigenvalue weighted by molar-refractivity contribution is 6.38. The van der Waals surface area contributed by atoms with Crippen LogP contribution in [-0.4, -0.2) is 35.1 Å². The number of hydrogen-bond acceptors (Lipinski definition) is 3. The highest BCUT2D eigenvalue weighted by atomic mass is 35.5. The molecule has 1 atom stereocenters. The quantitative estimate of drug-likeness (QED) is 0.839. The molecule has 0 saturated carbocycles. The molecule has 112 valence electrons. The molecule has 0 bridgehead atoms. The Hall–Kier alpha value is -1.88. The van der Waals surface area contributed by atoms with Gasteiger partial charge in [0.15, 0.2) is 0 Å². The third-order valence-electron chi connectivity index (χ3n) is 3.46. The second kappa shape index (κ2) is 6.72. The number of halogens is 1. The number of Topliss-reactive ketones (excluding diaryl/α,β-unsaturated/α-hetero) is 1. The lowest BCUT2D eigenvalue weighted by Gasteiger charge is -2.23. The van der Waals surface area contributed by atoms with Crippen LogP contribution in [0.15, 0.2) is 24.3 Å². The number of hydrogen-bond donors (Lipinski definition) is 1. The maximum atomic E-state index is 12.1. The normalized spacial score (nSPS) is 17.9. The summed E-state index contributed by atoms with van der Waals surface area (Å²) in [4.78, 5) is 37.2. The van der Waals surface area contributed by atoms with E-state index in [1.807, 2.05) is 12.1 Å². The second-order valence-corrected chi connectivity index (χ2v) is 5.36. The van der Waals surface area contributed by atoms with Gasteiger partial charge in [-0.2, -0.15) is 0 Å². The summed E-state index contributed by atoms with van der Waals surface area (Å²) in [5, 5.41) is 3.10. The molecule has 0 aliphatic carbocycles. The molecule has 1 N–H and O–H groups in total. The monoisotopic (exact) mass is 308 g/mol. The van der Waals surface area contributed by atoms with E-state index in [0.717, 1.165) is 5.56 Å². The fourth-order valence-electron chi connectivity index (χ4n) is 2.39. The summed E-state index contributed by atoms with van der Waals surface area (Å²) in [5.41, 5.74) is 0.878. The zero-order valence-corrected chi connectivity index (χ0v) is 12.5. The van der Waals surface area contributed by atoms with Crippen LogP contribution in [0.25, 0.3) is 0 Å². The molecule has 5 nitrogen and oxygen atoms in total. The summed E-state index contributed by atoms with van der Waals surface area (Å²) in [6.45, 7) is 2.45. The van der Waals surface area contributed by atoms with Gasteiger partial charge in [0.25, 0.3) is 5.91 Å². The van der Waals surface area contributed by atoms with E-state index in [4.69, 9.17) is 11.6 Å². The van der Waals surface area contributed by atoms with E-state index in [9.17, 15) is 14.4 Å². The number of carbonyl (C=O) groups is 3. The number of carbonyl (C=O) groups excluding carboxylic acids is 3. The molecule has 1 aromatic rings. The van der Waals surface area contributed by atoms with Gasteiger partial charge in [0, 0.05) is 24.5 Å². The maximum absolute atomic E-state index is 12.1. The van der Waals surface area contributed by atoms with Crippen LogP contribution in [-0.2, 0) is 20.9 Å². The van der Waals surface area contributed by atoms with E-state index in [2.05, 4.69) is 5.32 Å². The first-order valence-corrected chi connectivity index (χ1v) is 7.26. The summed E-state index contributed by atoms with van der Waals surface area (Å²) >= 11 is 5.82. The predicted octanol–water partition coefficient (Wildman–Crippen LogP) is 1.54. The lowest BCUT2D eigenvalue weighted by atomic mass is 10.1. The Bertz CT molecular complexity index is 557. The third-order valence-corrected chi connectivity index (χ3v) is 3.71. The van der Waals surface area contributed by atoms with Gasteiger partial charge in [-0.05, 0) is 31.0 Å². The third kappa shape index (κ3) is 3.61. The van der Waals surface area contributed by atoms with Crippen molar-refractivity contribution in [3.63, 3.8) is 0 Å². The van der Waals surface area contributed by atoms with Gasteiger partial charge >= 0.3 is 0 Å². The Morgan fingerprint density at radius 1 is 1.33 bits per heavy atom. The van der Waals surface area contributed by atoms with Crippen LogP contribution in [0, 0.1) is 0 Å². The molecule has 0 unspecified atom stereocenters. The molecule has 0 radical (unpaired) electrons. The van der Waals surface area contributed by atoms with Crippen molar-refractivity contribution in [2.75, 3.05) is 6.54 Å². The summed E-state index contributed by atoms with van der Waals surface area (Å²) in [7, 11) is 0. The number of ketones is 1. The second-order valence-electron chi connectivity index (χ2n) is 4.93. The molecule has 1 aromatic carbocycles. The number of likely N-dealkylation sites (tertiary alicyclic amines) is 1. The van der Waals surface area contributed by atoms with Crippen molar-refractivity contribution in [3.8, 4) is 0 Å². The van der Waals surface area contributed by atoms with Gasteiger partial charge in [0.05, 0.1) is 0 Å². The van der Waals surface area contributed by atoms with E-state index in [1.54, 1.807) is 19.1 Å². The SMILES string of the molecule is CCNC(=O)C(=O)[C@H]1CCC(=O)N1Cc1ccc(Cl)cc1. The van der Waals surface area contributed by atoms with Gasteiger partial charge in [-0.25, -0.2) is 0 Å². The van der Waals surface area contributed by atoms with Crippen molar-refractivity contribution in [3.05, 3.63) is 34.9 Å². The summed E-state index contributed by atoms with van der Waals surface area (Å²) < 4.78 is 0. The molecule has 0 aromatic heterocycles. The molecule has 21 heavy (non-hydrogen) atoms. The Kier molecular flexibility index (Phi) is 4.96. The number of nitrogens with zero attached hydrogens (tertiary/aromatic N) is 1. The minimum Gasteiger partial charge on any atom is -0.350 e. The fourth-order valence-corrected chi connectivity index (χ4v) is 2.52. The topological polar surface area (TPSA) is 66.5 Å². The van der Waals surface area contributed by atoms with Crippen LogP contribution in [0.2, 0.25) is 5.02 Å². The minimum atomic E-state index is -0.667. The number of nitrogens with one attached hydrogen (secondary N) is 1. The van der Waals surface area contributed by atoms with E-state index < -0.39 is 17.7 Å². The molecule has 2 amide bonds. The van der Waals surface area contributed by atoms with E-state index in [1.165, 1.54) is 4.90 Å². The predicted molar refractivity (Wildman–Crippen MR) is 78.7 cm³/mol. The molecule has 1 heterocycles. The lowest BCUT2D eigenvalue weighted by Crippen LogP contribution is -2.45. The zero-order valence-electron chi connectivity index (χ0n) is 11.8. The van der Waals surface area contributed by atoms with Crippen molar-refractivity contribution in [1.29, 1.82) is 0 Å². The first-order valence-electron chi connectivity index (χ1n) is 6.89. The number of likely N-dealkylation sites (N-methyl/N-ethyl adjacent to an activating group) is 1. The Balaban J connectivity index is 2.11. The van der Waals surface area contributed by atoms with Gasteiger partial charge < -0.3 is 10.2 Å². The van der Waals surface area contributed by atoms with Crippen LogP contribution in [0.4, 0.5) is 0 Å². The first-order chi connectivity index (χ1) is 10.0. The van der Waals surface area contributed by atoms with Crippen LogP contribution < -0.4 is 5.32 Å². The number of amides is 2. The molecule has 1 fully saturated rings. The van der Waals surface area contributed by atoms with Crippen molar-refractivity contribution < 1.29 is 14.4 Å². The maximum Gasteiger partial charge on any atom is 0.289 e. The average molecular weight is 309 g/mol. The largest absolute Gasteiger partial charge is 0.350 e. The highest BCUT2D eigenvalue weighted by Crippen LogP contribution is 2.23. The van der Waals surface area contributed by atoms with E-state index in [-0.39, 0.29) is 5.91 Å². The molecule has 2 rings (SSSR count). The smallest absolute Gasteiger partial charge is 0.289 e. The summed E-state index contributed by atoms with van der Waals surface area (Å²) in [6, 6.07) is 6.42.